The lowest BCUT2D eigenvalue weighted by atomic mass is 10.1. The minimum atomic E-state index is -0.107. The molecule has 29 heavy (non-hydrogen) atoms. The number of ether oxygens (including phenoxy) is 1. The fourth-order valence-electron chi connectivity index (χ4n) is 2.81. The Balaban J connectivity index is 2.06. The first kappa shape index (κ1) is 23.4. The number of hydrogen-bond acceptors (Lipinski definition) is 6. The highest BCUT2D eigenvalue weighted by atomic mass is 35.5. The third-order valence-electron chi connectivity index (χ3n) is 4.12. The van der Waals surface area contributed by atoms with Crippen molar-refractivity contribution in [3.8, 4) is 0 Å². The average molecular weight is 437 g/mol. The lowest BCUT2D eigenvalue weighted by Gasteiger charge is -2.22. The van der Waals surface area contributed by atoms with Gasteiger partial charge in [-0.1, -0.05) is 49.3 Å². The molecule has 0 saturated carbocycles. The summed E-state index contributed by atoms with van der Waals surface area (Å²) in [6, 6.07) is 9.39. The van der Waals surface area contributed by atoms with E-state index >= 15 is 0 Å². The van der Waals surface area contributed by atoms with Crippen LogP contribution in [0.25, 0.3) is 0 Å². The Morgan fingerprint density at radius 3 is 2.66 bits per heavy atom. The largest absolute Gasteiger partial charge is 0.383 e. The van der Waals surface area contributed by atoms with Gasteiger partial charge in [-0.2, -0.15) is 0 Å². The number of carbonyl (C=O) groups excluding carboxylic acids is 1. The van der Waals surface area contributed by atoms with E-state index in [1.54, 1.807) is 13.2 Å². The molecule has 0 unspecified atom stereocenters. The Kier molecular flexibility index (Phi) is 10.2. The van der Waals surface area contributed by atoms with Crippen molar-refractivity contribution in [3.05, 3.63) is 46.6 Å². The molecule has 0 bridgehead atoms. The number of aromatic nitrogens is 2. The van der Waals surface area contributed by atoms with E-state index in [1.165, 1.54) is 11.8 Å². The van der Waals surface area contributed by atoms with Crippen LogP contribution in [0, 0.1) is 0 Å². The summed E-state index contributed by atoms with van der Waals surface area (Å²) in [7, 11) is 1.61. The fourth-order valence-corrected chi connectivity index (χ4v) is 3.84. The van der Waals surface area contributed by atoms with E-state index in [-0.39, 0.29) is 5.91 Å². The van der Waals surface area contributed by atoms with E-state index in [0.29, 0.717) is 34.8 Å². The summed E-state index contributed by atoms with van der Waals surface area (Å²) >= 11 is 7.76. The summed E-state index contributed by atoms with van der Waals surface area (Å²) in [6.07, 6.45) is 2.09. The van der Waals surface area contributed by atoms with Crippen LogP contribution < -0.4 is 10.2 Å². The zero-order valence-electron chi connectivity index (χ0n) is 17.3. The number of nitrogens with one attached hydrogen (secondary N) is 1. The van der Waals surface area contributed by atoms with Gasteiger partial charge in [-0.15, -0.1) is 0 Å². The van der Waals surface area contributed by atoms with Crippen LogP contribution in [0.2, 0.25) is 5.15 Å². The van der Waals surface area contributed by atoms with Gasteiger partial charge >= 0.3 is 0 Å². The second kappa shape index (κ2) is 12.7. The van der Waals surface area contributed by atoms with Crippen LogP contribution in [-0.4, -0.2) is 49.2 Å². The van der Waals surface area contributed by atoms with Gasteiger partial charge in [0.15, 0.2) is 5.16 Å². The first-order valence-corrected chi connectivity index (χ1v) is 11.2. The Bertz CT molecular complexity index is 785. The van der Waals surface area contributed by atoms with Gasteiger partial charge in [-0.05, 0) is 30.5 Å². The molecule has 0 fully saturated rings. The van der Waals surface area contributed by atoms with Gasteiger partial charge in [-0.3, -0.25) is 4.79 Å². The molecule has 158 valence electrons. The SMILES string of the molecule is CCCN(CCC)c1cc(Cl)nc(SCc2cccc(C(=O)NCCOC)c2)n1. The topological polar surface area (TPSA) is 67.4 Å². The summed E-state index contributed by atoms with van der Waals surface area (Å²) in [5.74, 6) is 1.41. The van der Waals surface area contributed by atoms with Gasteiger partial charge in [0, 0.05) is 44.1 Å². The van der Waals surface area contributed by atoms with Crippen LogP contribution >= 0.6 is 23.4 Å². The number of nitrogens with zero attached hydrogens (tertiary/aromatic N) is 3. The maximum absolute atomic E-state index is 12.2. The van der Waals surface area contributed by atoms with Crippen molar-refractivity contribution in [1.29, 1.82) is 0 Å². The van der Waals surface area contributed by atoms with E-state index in [9.17, 15) is 4.79 Å². The molecule has 0 atom stereocenters. The van der Waals surface area contributed by atoms with Crippen molar-refractivity contribution in [2.24, 2.45) is 0 Å². The van der Waals surface area contributed by atoms with Crippen LogP contribution in [0.1, 0.15) is 42.6 Å². The maximum atomic E-state index is 12.2. The van der Waals surface area contributed by atoms with Gasteiger partial charge in [-0.25, -0.2) is 9.97 Å². The first-order chi connectivity index (χ1) is 14.1. The molecule has 2 aromatic rings. The van der Waals surface area contributed by atoms with Gasteiger partial charge in [0.25, 0.3) is 5.91 Å². The Labute approximate surface area is 182 Å². The van der Waals surface area contributed by atoms with Gasteiger partial charge in [0.2, 0.25) is 0 Å². The van der Waals surface area contributed by atoms with Crippen LogP contribution in [0.5, 0.6) is 0 Å². The number of thioether (sulfide) groups is 1. The summed E-state index contributed by atoms with van der Waals surface area (Å²) in [4.78, 5) is 23.5. The summed E-state index contributed by atoms with van der Waals surface area (Å²) in [6.45, 7) is 7.15. The molecule has 0 aliphatic carbocycles. The molecule has 1 heterocycles. The normalized spacial score (nSPS) is 10.8. The molecule has 0 aliphatic heterocycles. The molecule has 0 spiro atoms. The zero-order valence-corrected chi connectivity index (χ0v) is 18.9. The lowest BCUT2D eigenvalue weighted by molar-refractivity contribution is 0.0937. The number of rotatable bonds is 12. The quantitative estimate of drug-likeness (QED) is 0.230. The monoisotopic (exact) mass is 436 g/mol. The number of carbonyl (C=O) groups is 1. The van der Waals surface area contributed by atoms with Crippen molar-refractivity contribution < 1.29 is 9.53 Å². The van der Waals surface area contributed by atoms with Crippen molar-refractivity contribution in [1.82, 2.24) is 15.3 Å². The molecule has 1 aromatic heterocycles. The van der Waals surface area contributed by atoms with Crippen LogP contribution in [0.3, 0.4) is 0 Å². The Morgan fingerprint density at radius 2 is 1.97 bits per heavy atom. The van der Waals surface area contributed by atoms with E-state index in [2.05, 4.69) is 29.0 Å². The van der Waals surface area contributed by atoms with Crippen LogP contribution in [-0.2, 0) is 10.5 Å². The lowest BCUT2D eigenvalue weighted by Crippen LogP contribution is -2.26. The number of amides is 1. The molecule has 6 nitrogen and oxygen atoms in total. The second-order valence-electron chi connectivity index (χ2n) is 6.56. The molecular formula is C21H29ClN4O2S. The van der Waals surface area contributed by atoms with E-state index < -0.39 is 0 Å². The standard InChI is InChI=1S/C21H29ClN4O2S/c1-4-10-26(11-5-2)19-14-18(22)24-21(25-19)29-15-16-7-6-8-17(13-16)20(27)23-9-12-28-3/h6-8,13-14H,4-5,9-12,15H2,1-3H3,(H,23,27). The predicted octanol–water partition coefficient (Wildman–Crippen LogP) is 4.42. The third kappa shape index (κ3) is 7.84. The molecule has 8 heteroatoms. The fraction of sp³-hybridized carbons (Fsp3) is 0.476. The minimum Gasteiger partial charge on any atom is -0.383 e. The minimum absolute atomic E-state index is 0.107. The maximum Gasteiger partial charge on any atom is 0.251 e. The van der Waals surface area contributed by atoms with Gasteiger partial charge < -0.3 is 15.0 Å². The summed E-state index contributed by atoms with van der Waals surface area (Å²) in [5.41, 5.74) is 1.66. The highest BCUT2D eigenvalue weighted by Gasteiger charge is 2.11. The average Bonchev–Trinajstić information content (AvgIpc) is 2.72. The van der Waals surface area contributed by atoms with E-state index in [0.717, 1.165) is 37.3 Å². The van der Waals surface area contributed by atoms with Crippen molar-refractivity contribution in [2.75, 3.05) is 38.3 Å². The van der Waals surface area contributed by atoms with E-state index in [4.69, 9.17) is 21.3 Å². The number of halogens is 1. The summed E-state index contributed by atoms with van der Waals surface area (Å²) < 4.78 is 4.96. The van der Waals surface area contributed by atoms with Crippen molar-refractivity contribution >= 4 is 35.1 Å². The molecule has 1 N–H and O–H groups in total. The van der Waals surface area contributed by atoms with Crippen molar-refractivity contribution in [2.45, 2.75) is 37.6 Å². The number of benzene rings is 1. The molecule has 0 radical (unpaired) electrons. The molecule has 1 amide bonds. The first-order valence-electron chi connectivity index (χ1n) is 9.85. The van der Waals surface area contributed by atoms with E-state index in [1.807, 2.05) is 24.3 Å². The van der Waals surface area contributed by atoms with Crippen LogP contribution in [0.15, 0.2) is 35.5 Å². The molecule has 0 aliphatic rings. The smallest absolute Gasteiger partial charge is 0.251 e. The number of methoxy groups -OCH3 is 1. The highest BCUT2D eigenvalue weighted by molar-refractivity contribution is 7.98. The molecular weight excluding hydrogens is 408 g/mol. The Hall–Kier alpha value is -1.83. The summed E-state index contributed by atoms with van der Waals surface area (Å²) in [5, 5.41) is 3.92. The molecule has 1 aromatic carbocycles. The highest BCUT2D eigenvalue weighted by Crippen LogP contribution is 2.25. The van der Waals surface area contributed by atoms with Crippen LogP contribution in [0.4, 0.5) is 5.82 Å². The number of anilines is 1. The van der Waals surface area contributed by atoms with Gasteiger partial charge in [0.05, 0.1) is 6.61 Å². The van der Waals surface area contributed by atoms with Gasteiger partial charge in [0.1, 0.15) is 11.0 Å². The molecule has 2 rings (SSSR count). The molecule has 0 saturated heterocycles. The number of hydrogen-bond donors (Lipinski definition) is 1. The van der Waals surface area contributed by atoms with Crippen molar-refractivity contribution in [3.63, 3.8) is 0 Å². The third-order valence-corrected chi connectivity index (χ3v) is 5.23. The Morgan fingerprint density at radius 1 is 1.21 bits per heavy atom. The zero-order chi connectivity index (χ0) is 21.1. The second-order valence-corrected chi connectivity index (χ2v) is 7.89. The predicted molar refractivity (Wildman–Crippen MR) is 120 cm³/mol.